The lowest BCUT2D eigenvalue weighted by atomic mass is 10.1. The average molecular weight is 362 g/mol. The number of amides is 1. The number of ether oxygens (including phenoxy) is 1. The van der Waals surface area contributed by atoms with Crippen molar-refractivity contribution in [1.29, 1.82) is 0 Å². The predicted octanol–water partition coefficient (Wildman–Crippen LogP) is 3.36. The molecule has 0 atom stereocenters. The molecule has 2 aromatic carbocycles. The zero-order valence-corrected chi connectivity index (χ0v) is 13.3. The Bertz CT molecular complexity index is 1010. The lowest BCUT2D eigenvalue weighted by Gasteiger charge is -2.13. The van der Waals surface area contributed by atoms with Crippen molar-refractivity contribution in [2.45, 2.75) is 12.9 Å². The van der Waals surface area contributed by atoms with Gasteiger partial charge >= 0.3 is 6.36 Å². The monoisotopic (exact) mass is 362 g/mol. The van der Waals surface area contributed by atoms with Crippen molar-refractivity contribution >= 4 is 16.8 Å². The van der Waals surface area contributed by atoms with Crippen molar-refractivity contribution in [3.63, 3.8) is 0 Å². The summed E-state index contributed by atoms with van der Waals surface area (Å²) in [5.74, 6) is -1.11. The summed E-state index contributed by atoms with van der Waals surface area (Å²) in [4.78, 5) is 26.9. The molecule has 8 heteroatoms. The molecule has 0 aliphatic carbocycles. The van der Waals surface area contributed by atoms with Crippen LogP contribution in [-0.2, 0) is 6.54 Å². The number of fused-ring (bicyclic) bond motifs is 1. The third-order valence-electron chi connectivity index (χ3n) is 3.64. The molecule has 1 aromatic heterocycles. The van der Waals surface area contributed by atoms with E-state index in [1.54, 1.807) is 24.3 Å². The highest BCUT2D eigenvalue weighted by atomic mass is 19.4. The molecule has 0 radical (unpaired) electrons. The van der Waals surface area contributed by atoms with Gasteiger partial charge in [0.2, 0.25) is 0 Å². The fraction of sp³-hybridized carbons (Fsp3) is 0.111. The van der Waals surface area contributed by atoms with E-state index in [1.165, 1.54) is 24.3 Å². The summed E-state index contributed by atoms with van der Waals surface area (Å²) in [6.07, 6.45) is -4.84. The second-order valence-corrected chi connectivity index (χ2v) is 5.44. The topological polar surface area (TPSA) is 71.2 Å². The molecule has 26 heavy (non-hydrogen) atoms. The fourth-order valence-corrected chi connectivity index (χ4v) is 2.46. The first-order chi connectivity index (χ1) is 12.3. The van der Waals surface area contributed by atoms with Crippen LogP contribution in [-0.4, -0.2) is 17.3 Å². The molecule has 0 aliphatic rings. The van der Waals surface area contributed by atoms with Crippen LogP contribution in [0.2, 0.25) is 0 Å². The molecule has 2 N–H and O–H groups in total. The molecule has 1 amide bonds. The number of carbonyl (C=O) groups excluding carboxylic acids is 1. The molecule has 0 unspecified atom stereocenters. The molecule has 3 rings (SSSR count). The SMILES string of the molecule is O=C(NCc1ccccc1OC(F)(F)F)c1cc2ccccc2[nH]c1=O. The van der Waals surface area contributed by atoms with Crippen molar-refractivity contribution in [1.82, 2.24) is 10.3 Å². The first-order valence-electron chi connectivity index (χ1n) is 7.57. The van der Waals surface area contributed by atoms with E-state index in [4.69, 9.17) is 0 Å². The number of pyridine rings is 1. The first kappa shape index (κ1) is 17.5. The molecule has 134 valence electrons. The Hall–Kier alpha value is -3.29. The molecular formula is C18H13F3N2O3. The van der Waals surface area contributed by atoms with Gasteiger partial charge in [0, 0.05) is 17.6 Å². The van der Waals surface area contributed by atoms with Gasteiger partial charge in [0.15, 0.2) is 0 Å². The van der Waals surface area contributed by atoms with Crippen LogP contribution in [0, 0.1) is 0 Å². The number of rotatable bonds is 4. The number of alkyl halides is 3. The minimum atomic E-state index is -4.84. The van der Waals surface area contributed by atoms with Gasteiger partial charge in [-0.3, -0.25) is 9.59 Å². The molecule has 5 nitrogen and oxygen atoms in total. The second-order valence-electron chi connectivity index (χ2n) is 5.44. The van der Waals surface area contributed by atoms with Crippen LogP contribution in [0.4, 0.5) is 13.2 Å². The quantitative estimate of drug-likeness (QED) is 0.748. The van der Waals surface area contributed by atoms with Gasteiger partial charge in [0.25, 0.3) is 11.5 Å². The maximum absolute atomic E-state index is 12.4. The van der Waals surface area contributed by atoms with Gasteiger partial charge in [-0.15, -0.1) is 13.2 Å². The number of benzene rings is 2. The standard InChI is InChI=1S/C18H13F3N2O3/c19-18(20,21)26-15-8-4-2-6-12(15)10-22-16(24)13-9-11-5-1-3-7-14(11)23-17(13)25/h1-9H,10H2,(H,22,24)(H,23,25). The molecule has 3 aromatic rings. The summed E-state index contributed by atoms with van der Waals surface area (Å²) < 4.78 is 41.2. The van der Waals surface area contributed by atoms with Gasteiger partial charge in [0.1, 0.15) is 11.3 Å². The molecule has 1 heterocycles. The third kappa shape index (κ3) is 4.02. The molecule has 0 spiro atoms. The largest absolute Gasteiger partial charge is 0.573 e. The summed E-state index contributed by atoms with van der Waals surface area (Å²) in [7, 11) is 0. The Labute approximate surface area is 145 Å². The summed E-state index contributed by atoms with van der Waals surface area (Å²) in [6.45, 7) is -0.225. The van der Waals surface area contributed by atoms with E-state index in [0.717, 1.165) is 6.07 Å². The maximum Gasteiger partial charge on any atom is 0.573 e. The number of para-hydroxylation sites is 2. The highest BCUT2D eigenvalue weighted by Crippen LogP contribution is 2.26. The smallest absolute Gasteiger partial charge is 0.405 e. The highest BCUT2D eigenvalue weighted by molar-refractivity contribution is 5.97. The van der Waals surface area contributed by atoms with Crippen LogP contribution in [0.3, 0.4) is 0 Å². The van der Waals surface area contributed by atoms with E-state index in [0.29, 0.717) is 10.9 Å². The zero-order chi connectivity index (χ0) is 18.7. The number of carbonyl (C=O) groups is 1. The minimum absolute atomic E-state index is 0.127. The lowest BCUT2D eigenvalue weighted by molar-refractivity contribution is -0.274. The minimum Gasteiger partial charge on any atom is -0.405 e. The normalized spacial score (nSPS) is 11.3. The Morgan fingerprint density at radius 1 is 1.08 bits per heavy atom. The number of aromatic amines is 1. The summed E-state index contributed by atoms with van der Waals surface area (Å²) >= 11 is 0. The average Bonchev–Trinajstić information content (AvgIpc) is 2.59. The summed E-state index contributed by atoms with van der Waals surface area (Å²) in [6, 6.07) is 13.8. The Morgan fingerprint density at radius 2 is 1.77 bits per heavy atom. The molecule has 0 saturated carbocycles. The van der Waals surface area contributed by atoms with Crippen molar-refractivity contribution < 1.29 is 22.7 Å². The van der Waals surface area contributed by atoms with Crippen LogP contribution < -0.4 is 15.6 Å². The molecular weight excluding hydrogens is 349 g/mol. The second kappa shape index (κ2) is 6.91. The number of hydrogen-bond acceptors (Lipinski definition) is 3. The van der Waals surface area contributed by atoms with Crippen LogP contribution >= 0.6 is 0 Å². The number of nitrogens with one attached hydrogen (secondary N) is 2. The van der Waals surface area contributed by atoms with E-state index in [-0.39, 0.29) is 17.7 Å². The number of halogens is 3. The van der Waals surface area contributed by atoms with Crippen LogP contribution in [0.5, 0.6) is 5.75 Å². The molecule has 0 aliphatic heterocycles. The predicted molar refractivity (Wildman–Crippen MR) is 88.9 cm³/mol. The van der Waals surface area contributed by atoms with Gasteiger partial charge in [-0.2, -0.15) is 0 Å². The van der Waals surface area contributed by atoms with Gasteiger partial charge in [0.05, 0.1) is 0 Å². The van der Waals surface area contributed by atoms with Crippen LogP contribution in [0.15, 0.2) is 59.4 Å². The Morgan fingerprint density at radius 3 is 2.54 bits per heavy atom. The van der Waals surface area contributed by atoms with Crippen molar-refractivity contribution in [2.75, 3.05) is 0 Å². The van der Waals surface area contributed by atoms with Crippen molar-refractivity contribution in [3.8, 4) is 5.75 Å². The van der Waals surface area contributed by atoms with Gasteiger partial charge in [-0.05, 0) is 23.6 Å². The van der Waals surface area contributed by atoms with E-state index >= 15 is 0 Å². The Kier molecular flexibility index (Phi) is 4.66. The highest BCUT2D eigenvalue weighted by Gasteiger charge is 2.32. The maximum atomic E-state index is 12.4. The zero-order valence-electron chi connectivity index (χ0n) is 13.3. The van der Waals surface area contributed by atoms with E-state index in [1.807, 2.05) is 0 Å². The molecule has 0 fully saturated rings. The van der Waals surface area contributed by atoms with E-state index < -0.39 is 23.6 Å². The fourth-order valence-electron chi connectivity index (χ4n) is 2.46. The number of hydrogen-bond donors (Lipinski definition) is 2. The van der Waals surface area contributed by atoms with Crippen LogP contribution in [0.1, 0.15) is 15.9 Å². The first-order valence-corrected chi connectivity index (χ1v) is 7.57. The van der Waals surface area contributed by atoms with Gasteiger partial charge in [-0.1, -0.05) is 36.4 Å². The number of H-pyrrole nitrogens is 1. The number of aromatic nitrogens is 1. The van der Waals surface area contributed by atoms with E-state index in [2.05, 4.69) is 15.0 Å². The van der Waals surface area contributed by atoms with Crippen LogP contribution in [0.25, 0.3) is 10.9 Å². The van der Waals surface area contributed by atoms with Crippen molar-refractivity contribution in [3.05, 3.63) is 76.1 Å². The third-order valence-corrected chi connectivity index (χ3v) is 3.64. The molecule has 0 saturated heterocycles. The van der Waals surface area contributed by atoms with Gasteiger partial charge in [-0.25, -0.2) is 0 Å². The summed E-state index contributed by atoms with van der Waals surface area (Å²) in [5.41, 5.74) is 0.00677. The van der Waals surface area contributed by atoms with E-state index in [9.17, 15) is 22.8 Å². The Balaban J connectivity index is 1.80. The molecule has 0 bridgehead atoms. The lowest BCUT2D eigenvalue weighted by Crippen LogP contribution is -2.29. The summed E-state index contributed by atoms with van der Waals surface area (Å²) in [5, 5.41) is 3.11. The van der Waals surface area contributed by atoms with Gasteiger partial charge < -0.3 is 15.0 Å². The van der Waals surface area contributed by atoms with Crippen molar-refractivity contribution in [2.24, 2.45) is 0 Å².